The molecule has 218 valence electrons. The van der Waals surface area contributed by atoms with Gasteiger partial charge in [0.05, 0.1) is 23.7 Å². The van der Waals surface area contributed by atoms with Gasteiger partial charge in [0, 0.05) is 24.5 Å². The van der Waals surface area contributed by atoms with Crippen LogP contribution in [-0.4, -0.2) is 63.2 Å². The van der Waals surface area contributed by atoms with Crippen LogP contribution in [0, 0.1) is 0 Å². The topological polar surface area (TPSA) is 123 Å². The maximum absolute atomic E-state index is 12.5. The standard InChI is InChI=1S/C27H26ClF3N4O6/c1-26(2,3)41-25(38)35-13-19(14-35)39-21-9-16(8-20(22(21)28)23(36)37)17-11-33-24(34-12-17)32-10-15-5-4-6-18(7-15)40-27(29,30)31/h4-9,11-12,19H,10,13-14H2,1-3H3,(H,36,37)(H,32,33,34). The van der Waals surface area contributed by atoms with Crippen molar-refractivity contribution in [1.82, 2.24) is 14.9 Å². The zero-order chi connectivity index (χ0) is 29.9. The van der Waals surface area contributed by atoms with E-state index in [1.165, 1.54) is 41.6 Å². The molecule has 2 aromatic carbocycles. The molecule has 3 aromatic rings. The molecule has 1 amide bonds. The average molecular weight is 595 g/mol. The molecule has 4 rings (SSSR count). The molecule has 1 aliphatic heterocycles. The van der Waals surface area contributed by atoms with E-state index in [9.17, 15) is 27.9 Å². The average Bonchev–Trinajstić information content (AvgIpc) is 2.83. The highest BCUT2D eigenvalue weighted by atomic mass is 35.5. The fourth-order valence-electron chi connectivity index (χ4n) is 3.78. The summed E-state index contributed by atoms with van der Waals surface area (Å²) in [6, 6.07) is 8.40. The molecule has 0 aliphatic carbocycles. The molecule has 41 heavy (non-hydrogen) atoms. The molecule has 1 aliphatic rings. The van der Waals surface area contributed by atoms with Crippen molar-refractivity contribution in [3.63, 3.8) is 0 Å². The van der Waals surface area contributed by atoms with Crippen LogP contribution >= 0.6 is 11.6 Å². The van der Waals surface area contributed by atoms with Gasteiger partial charge in [0.25, 0.3) is 0 Å². The van der Waals surface area contributed by atoms with Crippen LogP contribution in [0.15, 0.2) is 48.8 Å². The van der Waals surface area contributed by atoms with E-state index >= 15 is 0 Å². The summed E-state index contributed by atoms with van der Waals surface area (Å²) in [6.45, 7) is 5.90. The molecule has 14 heteroatoms. The van der Waals surface area contributed by atoms with Gasteiger partial charge in [-0.15, -0.1) is 13.2 Å². The second-order valence-corrected chi connectivity index (χ2v) is 10.5. The van der Waals surface area contributed by atoms with Gasteiger partial charge >= 0.3 is 18.4 Å². The number of carboxylic acid groups (broad SMARTS) is 1. The van der Waals surface area contributed by atoms with Crippen LogP contribution in [0.25, 0.3) is 11.1 Å². The number of alkyl halides is 3. The number of nitrogens with zero attached hydrogens (tertiary/aromatic N) is 3. The molecule has 0 saturated carbocycles. The molecule has 0 radical (unpaired) electrons. The van der Waals surface area contributed by atoms with Crippen LogP contribution in [0.5, 0.6) is 11.5 Å². The lowest BCUT2D eigenvalue weighted by Gasteiger charge is -2.39. The number of aromatic carboxylic acids is 1. The third-order valence-corrected chi connectivity index (χ3v) is 6.02. The maximum Gasteiger partial charge on any atom is 0.573 e. The minimum atomic E-state index is -4.80. The summed E-state index contributed by atoms with van der Waals surface area (Å²) in [6.07, 6.45) is -2.79. The maximum atomic E-state index is 12.5. The summed E-state index contributed by atoms with van der Waals surface area (Å²) < 4.78 is 52.6. The number of benzene rings is 2. The Labute approximate surface area is 238 Å². The van der Waals surface area contributed by atoms with E-state index in [0.717, 1.165) is 0 Å². The van der Waals surface area contributed by atoms with Crippen molar-refractivity contribution in [3.05, 3.63) is 64.9 Å². The molecular formula is C27H26ClF3N4O6. The highest BCUT2D eigenvalue weighted by Gasteiger charge is 2.36. The highest BCUT2D eigenvalue weighted by molar-refractivity contribution is 6.35. The number of carbonyl (C=O) groups excluding carboxylic acids is 1. The van der Waals surface area contributed by atoms with Crippen LogP contribution < -0.4 is 14.8 Å². The van der Waals surface area contributed by atoms with Crippen molar-refractivity contribution in [3.8, 4) is 22.6 Å². The molecule has 1 saturated heterocycles. The molecule has 0 bridgehead atoms. The lowest BCUT2D eigenvalue weighted by atomic mass is 10.0. The number of hydrogen-bond donors (Lipinski definition) is 2. The van der Waals surface area contributed by atoms with Crippen molar-refractivity contribution in [2.75, 3.05) is 18.4 Å². The zero-order valence-electron chi connectivity index (χ0n) is 22.2. The van der Waals surface area contributed by atoms with Gasteiger partial charge in [0.1, 0.15) is 23.2 Å². The predicted octanol–water partition coefficient (Wildman–Crippen LogP) is 6.00. The number of hydrogen-bond acceptors (Lipinski definition) is 8. The van der Waals surface area contributed by atoms with Gasteiger partial charge in [0.15, 0.2) is 0 Å². The van der Waals surface area contributed by atoms with E-state index < -0.39 is 30.1 Å². The molecular weight excluding hydrogens is 569 g/mol. The summed E-state index contributed by atoms with van der Waals surface area (Å²) in [5, 5.41) is 12.5. The van der Waals surface area contributed by atoms with Crippen molar-refractivity contribution in [2.24, 2.45) is 0 Å². The van der Waals surface area contributed by atoms with Gasteiger partial charge in [-0.2, -0.15) is 0 Å². The summed E-state index contributed by atoms with van der Waals surface area (Å²) in [5.74, 6) is -1.29. The quantitative estimate of drug-likeness (QED) is 0.323. The van der Waals surface area contributed by atoms with E-state index in [1.807, 2.05) is 0 Å². The number of anilines is 1. The summed E-state index contributed by atoms with van der Waals surface area (Å²) in [7, 11) is 0. The van der Waals surface area contributed by atoms with Crippen molar-refractivity contribution < 1.29 is 42.1 Å². The Morgan fingerprint density at radius 3 is 2.39 bits per heavy atom. The molecule has 2 heterocycles. The number of amides is 1. The first-order chi connectivity index (χ1) is 19.2. The molecule has 2 N–H and O–H groups in total. The minimum absolute atomic E-state index is 0.0899. The van der Waals surface area contributed by atoms with Gasteiger partial charge in [-0.05, 0) is 56.2 Å². The first-order valence-corrected chi connectivity index (χ1v) is 12.7. The minimum Gasteiger partial charge on any atom is -0.485 e. The number of aromatic nitrogens is 2. The van der Waals surface area contributed by atoms with Crippen LogP contribution in [0.3, 0.4) is 0 Å². The zero-order valence-corrected chi connectivity index (χ0v) is 22.9. The molecule has 10 nitrogen and oxygen atoms in total. The SMILES string of the molecule is CC(C)(C)OC(=O)N1CC(Oc2cc(-c3cnc(NCc4cccc(OC(F)(F)F)c4)nc3)cc(C(=O)O)c2Cl)C1. The van der Waals surface area contributed by atoms with E-state index in [-0.39, 0.29) is 47.7 Å². The van der Waals surface area contributed by atoms with Crippen molar-refractivity contribution in [1.29, 1.82) is 0 Å². The summed E-state index contributed by atoms with van der Waals surface area (Å²) >= 11 is 6.32. The molecule has 0 spiro atoms. The molecule has 0 unspecified atom stereocenters. The van der Waals surface area contributed by atoms with E-state index in [4.69, 9.17) is 21.1 Å². The third-order valence-electron chi connectivity index (χ3n) is 5.63. The molecule has 1 aromatic heterocycles. The number of likely N-dealkylation sites (tertiary alicyclic amines) is 1. The highest BCUT2D eigenvalue weighted by Crippen LogP contribution is 2.36. The lowest BCUT2D eigenvalue weighted by Crippen LogP contribution is -2.57. The Kier molecular flexibility index (Phi) is 8.47. The smallest absolute Gasteiger partial charge is 0.485 e. The Morgan fingerprint density at radius 1 is 1.10 bits per heavy atom. The van der Waals surface area contributed by atoms with Crippen molar-refractivity contribution in [2.45, 2.75) is 45.4 Å². The van der Waals surface area contributed by atoms with Crippen LogP contribution in [0.4, 0.5) is 23.9 Å². The first kappa shape index (κ1) is 29.7. The second kappa shape index (κ2) is 11.7. The van der Waals surface area contributed by atoms with Gasteiger partial charge in [-0.25, -0.2) is 19.6 Å². The number of nitrogens with one attached hydrogen (secondary N) is 1. The fraction of sp³-hybridized carbons (Fsp3) is 0.333. The third kappa shape index (κ3) is 8.13. The van der Waals surface area contributed by atoms with E-state index in [0.29, 0.717) is 16.7 Å². The Morgan fingerprint density at radius 2 is 1.78 bits per heavy atom. The number of ether oxygens (including phenoxy) is 3. The second-order valence-electron chi connectivity index (χ2n) is 10.1. The van der Waals surface area contributed by atoms with Crippen LogP contribution in [0.2, 0.25) is 5.02 Å². The normalized spacial score (nSPS) is 13.8. The number of halogens is 4. The van der Waals surface area contributed by atoms with Crippen LogP contribution in [0.1, 0.15) is 36.7 Å². The monoisotopic (exact) mass is 594 g/mol. The summed E-state index contributed by atoms with van der Waals surface area (Å²) in [5.41, 5.74) is 0.565. The Bertz CT molecular complexity index is 1420. The number of rotatable bonds is 8. The van der Waals surface area contributed by atoms with Crippen molar-refractivity contribution >= 4 is 29.6 Å². The van der Waals surface area contributed by atoms with E-state index in [1.54, 1.807) is 32.9 Å². The molecule has 0 atom stereocenters. The Hall–Kier alpha value is -4.26. The van der Waals surface area contributed by atoms with Gasteiger partial charge < -0.3 is 29.5 Å². The first-order valence-electron chi connectivity index (χ1n) is 12.3. The molecule has 1 fully saturated rings. The lowest BCUT2D eigenvalue weighted by molar-refractivity contribution is -0.274. The predicted molar refractivity (Wildman–Crippen MR) is 142 cm³/mol. The fourth-order valence-corrected chi connectivity index (χ4v) is 4.01. The van der Waals surface area contributed by atoms with Gasteiger partial charge in [0.2, 0.25) is 5.95 Å². The largest absolute Gasteiger partial charge is 0.573 e. The van der Waals surface area contributed by atoms with Gasteiger partial charge in [-0.3, -0.25) is 0 Å². The number of carboxylic acids is 1. The van der Waals surface area contributed by atoms with Crippen LogP contribution in [-0.2, 0) is 11.3 Å². The summed E-state index contributed by atoms with van der Waals surface area (Å²) in [4.78, 5) is 33.9. The number of carbonyl (C=O) groups is 2. The van der Waals surface area contributed by atoms with Gasteiger partial charge in [-0.1, -0.05) is 23.7 Å². The van der Waals surface area contributed by atoms with E-state index in [2.05, 4.69) is 20.0 Å². The Balaban J connectivity index is 1.44.